The number of halogens is 2. The molecule has 0 atom stereocenters. The minimum Gasteiger partial charge on any atom is -0.504 e. The van der Waals surface area contributed by atoms with Gasteiger partial charge in [-0.3, -0.25) is 4.79 Å². The molecular weight excluding hydrogens is 432 g/mol. The highest BCUT2D eigenvalue weighted by atomic mass is 79.9. The number of phenolic OH excluding ortho intramolecular Hbond substituents is 2. The maximum Gasteiger partial charge on any atom is 0.277 e. The first-order valence-electron chi connectivity index (χ1n) is 6.37. The molecule has 8 heteroatoms. The maximum atomic E-state index is 11.6. The topological polar surface area (TPSA) is 91.2 Å². The second kappa shape index (κ2) is 7.98. The van der Waals surface area contributed by atoms with Gasteiger partial charge in [-0.25, -0.2) is 5.43 Å². The summed E-state index contributed by atoms with van der Waals surface area (Å²) in [5.74, 6) is -0.409. The van der Waals surface area contributed by atoms with E-state index in [9.17, 15) is 15.0 Å². The van der Waals surface area contributed by atoms with Crippen molar-refractivity contribution in [1.29, 1.82) is 0 Å². The number of nitrogens with one attached hydrogen (secondary N) is 1. The van der Waals surface area contributed by atoms with Gasteiger partial charge in [0.15, 0.2) is 18.1 Å². The molecule has 2 aromatic carbocycles. The number of carbonyl (C=O) groups is 1. The minimum atomic E-state index is -0.428. The van der Waals surface area contributed by atoms with E-state index in [1.807, 2.05) is 6.07 Å². The summed E-state index contributed by atoms with van der Waals surface area (Å²) in [5, 5.41) is 22.6. The van der Waals surface area contributed by atoms with E-state index in [0.717, 1.165) is 4.47 Å². The van der Waals surface area contributed by atoms with Crippen LogP contribution >= 0.6 is 31.9 Å². The van der Waals surface area contributed by atoms with Gasteiger partial charge in [-0.15, -0.1) is 0 Å². The molecule has 0 radical (unpaired) electrons. The van der Waals surface area contributed by atoms with Crippen molar-refractivity contribution in [2.24, 2.45) is 5.10 Å². The van der Waals surface area contributed by atoms with E-state index in [2.05, 4.69) is 42.4 Å². The van der Waals surface area contributed by atoms with E-state index in [0.29, 0.717) is 15.8 Å². The summed E-state index contributed by atoms with van der Waals surface area (Å²) in [6, 6.07) is 9.98. The monoisotopic (exact) mass is 442 g/mol. The first-order chi connectivity index (χ1) is 11.0. The number of amides is 1. The number of aromatic hydroxyl groups is 2. The highest BCUT2D eigenvalue weighted by Crippen LogP contribution is 2.33. The molecule has 2 aromatic rings. The first-order valence-corrected chi connectivity index (χ1v) is 7.96. The molecule has 0 saturated carbocycles. The number of ether oxygens (including phenoxy) is 1. The molecule has 0 aliphatic carbocycles. The molecule has 0 saturated heterocycles. The van der Waals surface area contributed by atoms with Crippen molar-refractivity contribution >= 4 is 44.0 Å². The van der Waals surface area contributed by atoms with Gasteiger partial charge in [0.2, 0.25) is 0 Å². The lowest BCUT2D eigenvalue weighted by Crippen LogP contribution is -2.24. The highest BCUT2D eigenvalue weighted by molar-refractivity contribution is 9.10. The van der Waals surface area contributed by atoms with E-state index in [1.54, 1.807) is 24.3 Å². The first kappa shape index (κ1) is 17.3. The van der Waals surface area contributed by atoms with Crippen LogP contribution < -0.4 is 10.2 Å². The number of rotatable bonds is 5. The SMILES string of the molecule is O=C(COc1cccc(Br)c1)NN=Cc1cc(O)c(O)c(Br)c1. The summed E-state index contributed by atoms with van der Waals surface area (Å²) in [6.07, 6.45) is 1.33. The molecule has 1 amide bonds. The van der Waals surface area contributed by atoms with Crippen molar-refractivity contribution in [2.75, 3.05) is 6.61 Å². The third-order valence-corrected chi connectivity index (χ3v) is 3.73. The van der Waals surface area contributed by atoms with Crippen LogP contribution in [0.5, 0.6) is 17.2 Å². The van der Waals surface area contributed by atoms with Gasteiger partial charge in [-0.05, 0) is 51.8 Å². The Kier molecular flexibility index (Phi) is 6.00. The number of hydrogen-bond acceptors (Lipinski definition) is 5. The third-order valence-electron chi connectivity index (χ3n) is 2.63. The van der Waals surface area contributed by atoms with Crippen LogP contribution in [0.25, 0.3) is 0 Å². The molecule has 0 aromatic heterocycles. The van der Waals surface area contributed by atoms with Gasteiger partial charge in [0, 0.05) is 4.47 Å². The smallest absolute Gasteiger partial charge is 0.277 e. The van der Waals surface area contributed by atoms with Gasteiger partial charge in [-0.1, -0.05) is 22.0 Å². The third kappa shape index (κ3) is 5.26. The van der Waals surface area contributed by atoms with E-state index < -0.39 is 5.91 Å². The van der Waals surface area contributed by atoms with Crippen molar-refractivity contribution < 1.29 is 19.7 Å². The van der Waals surface area contributed by atoms with Crippen LogP contribution in [0.4, 0.5) is 0 Å². The number of hydrazone groups is 1. The number of carbonyl (C=O) groups excluding carboxylic acids is 1. The number of phenols is 2. The molecule has 2 rings (SSSR count). The second-order valence-corrected chi connectivity index (χ2v) is 6.18. The van der Waals surface area contributed by atoms with Crippen LogP contribution in [0.3, 0.4) is 0 Å². The van der Waals surface area contributed by atoms with E-state index in [-0.39, 0.29) is 18.1 Å². The van der Waals surface area contributed by atoms with Gasteiger partial charge >= 0.3 is 0 Å². The molecular formula is C15H12Br2N2O4. The average Bonchev–Trinajstić information content (AvgIpc) is 2.50. The molecule has 0 unspecified atom stereocenters. The predicted octanol–water partition coefficient (Wildman–Crippen LogP) is 3.15. The van der Waals surface area contributed by atoms with Gasteiger partial charge in [0.1, 0.15) is 5.75 Å². The fourth-order valence-electron chi connectivity index (χ4n) is 1.60. The van der Waals surface area contributed by atoms with Crippen LogP contribution in [0, 0.1) is 0 Å². The van der Waals surface area contributed by atoms with Crippen molar-refractivity contribution in [1.82, 2.24) is 5.43 Å². The Morgan fingerprint density at radius 1 is 1.26 bits per heavy atom. The van der Waals surface area contributed by atoms with E-state index in [1.165, 1.54) is 12.3 Å². The van der Waals surface area contributed by atoms with Crippen LogP contribution in [-0.2, 0) is 4.79 Å². The molecule has 0 bridgehead atoms. The number of nitrogens with zero attached hydrogens (tertiary/aromatic N) is 1. The lowest BCUT2D eigenvalue weighted by Gasteiger charge is -2.05. The fraction of sp³-hybridized carbons (Fsp3) is 0.0667. The summed E-state index contributed by atoms with van der Waals surface area (Å²) in [7, 11) is 0. The number of benzene rings is 2. The maximum absolute atomic E-state index is 11.6. The van der Waals surface area contributed by atoms with Crippen molar-refractivity contribution in [2.45, 2.75) is 0 Å². The van der Waals surface area contributed by atoms with Crippen LogP contribution in [0.2, 0.25) is 0 Å². The van der Waals surface area contributed by atoms with Gasteiger partial charge in [0.25, 0.3) is 5.91 Å². The average molecular weight is 444 g/mol. The standard InChI is InChI=1S/C15H12Br2N2O4/c16-10-2-1-3-11(6-10)23-8-14(21)19-18-7-9-4-12(17)15(22)13(20)5-9/h1-7,20,22H,8H2,(H,19,21). The molecule has 120 valence electrons. The Morgan fingerprint density at radius 3 is 2.74 bits per heavy atom. The van der Waals surface area contributed by atoms with Crippen LogP contribution in [0.1, 0.15) is 5.56 Å². The Bertz CT molecular complexity index is 727. The summed E-state index contributed by atoms with van der Waals surface area (Å²) < 4.78 is 6.48. The fourth-order valence-corrected chi connectivity index (χ4v) is 2.44. The van der Waals surface area contributed by atoms with Crippen LogP contribution in [0.15, 0.2) is 50.4 Å². The summed E-state index contributed by atoms with van der Waals surface area (Å²) >= 11 is 6.40. The lowest BCUT2D eigenvalue weighted by molar-refractivity contribution is -0.123. The summed E-state index contributed by atoms with van der Waals surface area (Å²) in [5.41, 5.74) is 2.80. The van der Waals surface area contributed by atoms with Crippen molar-refractivity contribution in [3.05, 3.63) is 50.9 Å². The molecule has 0 fully saturated rings. The summed E-state index contributed by atoms with van der Waals surface area (Å²) in [4.78, 5) is 11.6. The largest absolute Gasteiger partial charge is 0.504 e. The van der Waals surface area contributed by atoms with Crippen molar-refractivity contribution in [3.8, 4) is 17.2 Å². The minimum absolute atomic E-state index is 0.182. The Labute approximate surface area is 149 Å². The zero-order valence-electron chi connectivity index (χ0n) is 11.7. The van der Waals surface area contributed by atoms with E-state index >= 15 is 0 Å². The second-order valence-electron chi connectivity index (χ2n) is 4.41. The van der Waals surface area contributed by atoms with Gasteiger partial charge in [0.05, 0.1) is 10.7 Å². The highest BCUT2D eigenvalue weighted by Gasteiger charge is 2.06. The molecule has 0 spiro atoms. The lowest BCUT2D eigenvalue weighted by atomic mass is 10.2. The predicted molar refractivity (Wildman–Crippen MR) is 92.8 cm³/mol. The number of hydrogen-bond donors (Lipinski definition) is 3. The Balaban J connectivity index is 1.86. The molecule has 23 heavy (non-hydrogen) atoms. The Hall–Kier alpha value is -2.06. The van der Waals surface area contributed by atoms with Crippen LogP contribution in [-0.4, -0.2) is 28.9 Å². The van der Waals surface area contributed by atoms with Crippen molar-refractivity contribution in [3.63, 3.8) is 0 Å². The van der Waals surface area contributed by atoms with E-state index in [4.69, 9.17) is 4.74 Å². The van der Waals surface area contributed by atoms with Gasteiger partial charge in [-0.2, -0.15) is 5.10 Å². The zero-order valence-corrected chi connectivity index (χ0v) is 14.8. The van der Waals surface area contributed by atoms with Gasteiger partial charge < -0.3 is 14.9 Å². The quantitative estimate of drug-likeness (QED) is 0.376. The molecule has 3 N–H and O–H groups in total. The molecule has 0 heterocycles. The molecule has 6 nitrogen and oxygen atoms in total. The summed E-state index contributed by atoms with van der Waals surface area (Å²) in [6.45, 7) is -0.182. The molecule has 0 aliphatic heterocycles. The Morgan fingerprint density at radius 2 is 2.04 bits per heavy atom. The molecule has 0 aliphatic rings. The zero-order chi connectivity index (χ0) is 16.8. The normalized spacial score (nSPS) is 10.7.